The molecule has 0 radical (unpaired) electrons. The lowest BCUT2D eigenvalue weighted by Gasteiger charge is -2.08. The first kappa shape index (κ1) is 21.0. The number of benzene rings is 1. The molecule has 26 heavy (non-hydrogen) atoms. The predicted molar refractivity (Wildman–Crippen MR) is 93.1 cm³/mol. The highest BCUT2D eigenvalue weighted by Crippen LogP contribution is 2.08. The van der Waals surface area contributed by atoms with E-state index < -0.39 is 12.2 Å². The molecule has 1 rings (SSSR count). The Morgan fingerprint density at radius 1 is 0.808 bits per heavy atom. The number of ether oxygens (including phenoxy) is 2. The van der Waals surface area contributed by atoms with Crippen LogP contribution < -0.4 is 0 Å². The number of nitrogens with zero attached hydrogens (tertiary/aromatic N) is 6. The Bertz CT molecular complexity index is 577. The number of carbonyl (C=O) groups is 2. The molecule has 1 aromatic rings. The van der Waals surface area contributed by atoms with E-state index in [1.807, 2.05) is 24.3 Å². The molecule has 0 bridgehead atoms. The van der Waals surface area contributed by atoms with E-state index in [0.29, 0.717) is 13.1 Å². The first-order chi connectivity index (χ1) is 12.5. The molecule has 142 valence electrons. The third kappa shape index (κ3) is 7.69. The molecule has 0 heterocycles. The number of rotatable bonds is 8. The van der Waals surface area contributed by atoms with Gasteiger partial charge in [-0.3, -0.25) is 0 Å². The van der Waals surface area contributed by atoms with Crippen molar-refractivity contribution >= 4 is 12.2 Å². The molecule has 0 saturated heterocycles. The highest BCUT2D eigenvalue weighted by atomic mass is 16.6. The molecule has 10 heteroatoms. The van der Waals surface area contributed by atoms with Gasteiger partial charge in [0.25, 0.3) is 0 Å². The summed E-state index contributed by atoms with van der Waals surface area (Å²) in [4.78, 5) is 22.7. The van der Waals surface area contributed by atoms with Crippen LogP contribution in [0.4, 0.5) is 9.59 Å². The van der Waals surface area contributed by atoms with Crippen LogP contribution in [0.15, 0.2) is 44.9 Å². The third-order valence-corrected chi connectivity index (χ3v) is 2.99. The van der Waals surface area contributed by atoms with Gasteiger partial charge in [0.1, 0.15) is 0 Å². The summed E-state index contributed by atoms with van der Waals surface area (Å²) in [5.74, 6) is 0. The van der Waals surface area contributed by atoms with Crippen LogP contribution in [0, 0.1) is 0 Å². The maximum atomic E-state index is 11.4. The summed E-state index contributed by atoms with van der Waals surface area (Å²) in [6.07, 6.45) is -1.10. The Kier molecular flexibility index (Phi) is 9.29. The van der Waals surface area contributed by atoms with Gasteiger partial charge in [-0.2, -0.15) is 20.2 Å². The number of hydrogen-bond acceptors (Lipinski definition) is 8. The van der Waals surface area contributed by atoms with Crippen LogP contribution in [-0.4, -0.2) is 49.5 Å². The van der Waals surface area contributed by atoms with Crippen molar-refractivity contribution in [1.29, 1.82) is 0 Å². The maximum absolute atomic E-state index is 11.4. The van der Waals surface area contributed by atoms with Gasteiger partial charge >= 0.3 is 12.2 Å². The maximum Gasteiger partial charge on any atom is 0.431 e. The van der Waals surface area contributed by atoms with Crippen LogP contribution in [0.2, 0.25) is 0 Å². The first-order valence-corrected chi connectivity index (χ1v) is 8.11. The second kappa shape index (κ2) is 11.5. The zero-order valence-corrected chi connectivity index (χ0v) is 15.5. The lowest BCUT2D eigenvalue weighted by atomic mass is 10.1. The fourth-order valence-electron chi connectivity index (χ4n) is 1.67. The van der Waals surface area contributed by atoms with E-state index in [2.05, 4.69) is 20.7 Å². The van der Waals surface area contributed by atoms with Crippen LogP contribution in [0.1, 0.15) is 25.0 Å². The Morgan fingerprint density at radius 2 is 1.15 bits per heavy atom. The Hall–Kier alpha value is -3.04. The SMILES string of the molecule is CCOC(=O)N(C)N=NCc1ccc(CN=NN(C)C(=O)OCC)cc1. The van der Waals surface area contributed by atoms with Gasteiger partial charge in [0, 0.05) is 14.1 Å². The van der Waals surface area contributed by atoms with Gasteiger partial charge in [-0.15, -0.1) is 0 Å². The molecule has 10 nitrogen and oxygen atoms in total. The average molecular weight is 364 g/mol. The molecule has 0 saturated carbocycles. The highest BCUT2D eigenvalue weighted by Gasteiger charge is 2.07. The van der Waals surface area contributed by atoms with Crippen LogP contribution in [-0.2, 0) is 22.6 Å². The van der Waals surface area contributed by atoms with Gasteiger partial charge < -0.3 is 9.47 Å². The number of amides is 2. The summed E-state index contributed by atoms with van der Waals surface area (Å²) in [5.41, 5.74) is 1.85. The molecule has 0 fully saturated rings. The molecule has 0 N–H and O–H groups in total. The molecule has 0 aliphatic rings. The van der Waals surface area contributed by atoms with Gasteiger partial charge in [0.2, 0.25) is 0 Å². The topological polar surface area (TPSA) is 109 Å². The van der Waals surface area contributed by atoms with Crippen LogP contribution >= 0.6 is 0 Å². The number of hydrogen-bond donors (Lipinski definition) is 0. The van der Waals surface area contributed by atoms with Gasteiger partial charge in [0.05, 0.1) is 26.3 Å². The summed E-state index contributed by atoms with van der Waals surface area (Å²) >= 11 is 0. The lowest BCUT2D eigenvalue weighted by Crippen LogP contribution is -2.21. The van der Waals surface area contributed by atoms with Gasteiger partial charge in [0.15, 0.2) is 0 Å². The molecule has 0 atom stereocenters. The molecule has 0 spiro atoms. The minimum Gasteiger partial charge on any atom is -0.448 e. The molecule has 0 aromatic heterocycles. The Balaban J connectivity index is 2.46. The minimum atomic E-state index is -0.551. The standard InChI is InChI=1S/C16H24N6O4/c1-5-25-15(23)21(3)19-17-11-13-7-9-14(10-8-13)12-18-20-22(4)16(24)26-6-2/h7-10H,5-6,11-12H2,1-4H3. The predicted octanol–water partition coefficient (Wildman–Crippen LogP) is 3.60. The van der Waals surface area contributed by atoms with Crippen molar-refractivity contribution in [3.05, 3.63) is 35.4 Å². The van der Waals surface area contributed by atoms with Crippen molar-refractivity contribution in [2.75, 3.05) is 27.3 Å². The van der Waals surface area contributed by atoms with Crippen molar-refractivity contribution in [2.24, 2.45) is 20.7 Å². The molecule has 2 amide bonds. The van der Waals surface area contributed by atoms with Gasteiger partial charge in [-0.1, -0.05) is 34.7 Å². The lowest BCUT2D eigenvalue weighted by molar-refractivity contribution is 0.113. The summed E-state index contributed by atoms with van der Waals surface area (Å²) in [7, 11) is 2.95. The summed E-state index contributed by atoms with van der Waals surface area (Å²) in [6, 6.07) is 7.51. The largest absolute Gasteiger partial charge is 0.448 e. The second-order valence-corrected chi connectivity index (χ2v) is 5.04. The van der Waals surface area contributed by atoms with Crippen molar-refractivity contribution in [3.63, 3.8) is 0 Å². The highest BCUT2D eigenvalue weighted by molar-refractivity contribution is 5.66. The summed E-state index contributed by atoms with van der Waals surface area (Å²) in [6.45, 7) is 4.67. The molecule has 0 aliphatic heterocycles. The fraction of sp³-hybridized carbons (Fsp3) is 0.500. The quantitative estimate of drug-likeness (QED) is 0.518. The van der Waals surface area contributed by atoms with Gasteiger partial charge in [-0.05, 0) is 25.0 Å². The van der Waals surface area contributed by atoms with Crippen molar-refractivity contribution in [1.82, 2.24) is 10.0 Å². The number of carbonyl (C=O) groups excluding carboxylic acids is 2. The van der Waals surface area contributed by atoms with Crippen LogP contribution in [0.25, 0.3) is 0 Å². The van der Waals surface area contributed by atoms with E-state index in [4.69, 9.17) is 9.47 Å². The Morgan fingerprint density at radius 3 is 1.46 bits per heavy atom. The summed E-state index contributed by atoms with van der Waals surface area (Å²) in [5, 5.41) is 17.5. The van der Waals surface area contributed by atoms with E-state index in [0.717, 1.165) is 21.1 Å². The molecule has 1 aromatic carbocycles. The zero-order valence-electron chi connectivity index (χ0n) is 15.5. The van der Waals surface area contributed by atoms with Crippen molar-refractivity contribution in [2.45, 2.75) is 26.9 Å². The van der Waals surface area contributed by atoms with E-state index in [1.54, 1.807) is 13.8 Å². The third-order valence-electron chi connectivity index (χ3n) is 2.99. The van der Waals surface area contributed by atoms with E-state index in [9.17, 15) is 9.59 Å². The smallest absolute Gasteiger partial charge is 0.431 e. The van der Waals surface area contributed by atoms with Gasteiger partial charge in [-0.25, -0.2) is 9.59 Å². The van der Waals surface area contributed by atoms with E-state index in [-0.39, 0.29) is 13.2 Å². The van der Waals surface area contributed by atoms with Crippen molar-refractivity contribution in [3.8, 4) is 0 Å². The van der Waals surface area contributed by atoms with E-state index >= 15 is 0 Å². The summed E-state index contributed by atoms with van der Waals surface area (Å²) < 4.78 is 9.57. The zero-order chi connectivity index (χ0) is 19.4. The Labute approximate surface area is 152 Å². The monoisotopic (exact) mass is 364 g/mol. The molecule has 0 aliphatic carbocycles. The molecular formula is C16H24N6O4. The van der Waals surface area contributed by atoms with Crippen LogP contribution in [0.5, 0.6) is 0 Å². The minimum absolute atomic E-state index is 0.285. The normalized spacial score (nSPS) is 10.9. The first-order valence-electron chi connectivity index (χ1n) is 8.11. The van der Waals surface area contributed by atoms with Crippen molar-refractivity contribution < 1.29 is 19.1 Å². The fourth-order valence-corrected chi connectivity index (χ4v) is 1.67. The second-order valence-electron chi connectivity index (χ2n) is 5.04. The molecule has 0 unspecified atom stereocenters. The molecular weight excluding hydrogens is 340 g/mol. The van der Waals surface area contributed by atoms with E-state index in [1.165, 1.54) is 14.1 Å². The average Bonchev–Trinajstić information content (AvgIpc) is 2.63. The van der Waals surface area contributed by atoms with Crippen LogP contribution in [0.3, 0.4) is 0 Å².